The molecule has 1 rings (SSSR count). The van der Waals surface area contributed by atoms with Crippen molar-refractivity contribution in [3.63, 3.8) is 0 Å². The Balaban J connectivity index is 2.59. The second-order valence-electron chi connectivity index (χ2n) is 3.54. The van der Waals surface area contributed by atoms with Crippen molar-refractivity contribution in [2.75, 3.05) is 5.88 Å². The van der Waals surface area contributed by atoms with Gasteiger partial charge in [-0.1, -0.05) is 25.2 Å². The first-order chi connectivity index (χ1) is 5.73. The molecule has 0 radical (unpaired) electrons. The molecule has 1 saturated carbocycles. The average molecular weight is 187 g/mol. The molecule has 1 aliphatic rings. The molecular weight excluding hydrogens is 172 g/mol. The minimum Gasteiger partial charge on any atom is -0.376 e. The number of aliphatic hydroxyl groups is 1. The van der Waals surface area contributed by atoms with Crippen LogP contribution in [0.25, 0.3) is 0 Å². The molecule has 1 unspecified atom stereocenters. The highest BCUT2D eigenvalue weighted by Gasteiger charge is 2.34. The number of rotatable bonds is 2. The Morgan fingerprint density at radius 1 is 1.42 bits per heavy atom. The van der Waals surface area contributed by atoms with Crippen LogP contribution in [0.15, 0.2) is 0 Å². The summed E-state index contributed by atoms with van der Waals surface area (Å²) in [6, 6.07) is 0. The molecule has 0 saturated heterocycles. The normalized spacial score (nSPS) is 24.4. The molecule has 1 atom stereocenters. The van der Waals surface area contributed by atoms with E-state index in [1.807, 2.05) is 0 Å². The topological polar surface area (TPSA) is 20.2 Å². The van der Waals surface area contributed by atoms with E-state index in [0.29, 0.717) is 0 Å². The van der Waals surface area contributed by atoms with Gasteiger partial charge in [0.15, 0.2) is 0 Å². The highest BCUT2D eigenvalue weighted by Crippen LogP contribution is 2.32. The van der Waals surface area contributed by atoms with Crippen LogP contribution in [0.1, 0.15) is 32.1 Å². The highest BCUT2D eigenvalue weighted by molar-refractivity contribution is 6.18. The molecule has 0 aromatic carbocycles. The van der Waals surface area contributed by atoms with Gasteiger partial charge in [-0.25, -0.2) is 0 Å². The van der Waals surface area contributed by atoms with Crippen molar-refractivity contribution < 1.29 is 5.11 Å². The maximum Gasteiger partial charge on any atom is 0.141 e. The number of halogens is 1. The van der Waals surface area contributed by atoms with E-state index in [2.05, 4.69) is 5.92 Å². The van der Waals surface area contributed by atoms with E-state index in [1.165, 1.54) is 19.3 Å². The first-order valence-corrected chi connectivity index (χ1v) is 5.02. The third-order valence-corrected chi connectivity index (χ3v) is 3.14. The quantitative estimate of drug-likeness (QED) is 0.518. The molecule has 0 amide bonds. The van der Waals surface area contributed by atoms with Crippen LogP contribution in [0.2, 0.25) is 0 Å². The molecule has 2 heteroatoms. The average Bonchev–Trinajstić information content (AvgIpc) is 2.18. The van der Waals surface area contributed by atoms with Crippen LogP contribution < -0.4 is 0 Å². The van der Waals surface area contributed by atoms with Gasteiger partial charge in [0.25, 0.3) is 0 Å². The van der Waals surface area contributed by atoms with Crippen molar-refractivity contribution in [3.8, 4) is 12.3 Å². The van der Waals surface area contributed by atoms with Crippen molar-refractivity contribution in [1.82, 2.24) is 0 Å². The van der Waals surface area contributed by atoms with Gasteiger partial charge in [-0.15, -0.1) is 18.0 Å². The summed E-state index contributed by atoms with van der Waals surface area (Å²) in [4.78, 5) is 0. The summed E-state index contributed by atoms with van der Waals surface area (Å²) in [7, 11) is 0. The molecular formula is C10H15ClO. The lowest BCUT2D eigenvalue weighted by molar-refractivity contribution is 0.0401. The summed E-state index contributed by atoms with van der Waals surface area (Å²) in [5.41, 5.74) is -1.05. The number of hydrogen-bond donors (Lipinski definition) is 1. The van der Waals surface area contributed by atoms with Crippen LogP contribution in [-0.2, 0) is 0 Å². The predicted octanol–water partition coefficient (Wildman–Crippen LogP) is 2.17. The molecule has 1 aliphatic carbocycles. The van der Waals surface area contributed by atoms with Gasteiger partial charge in [-0.3, -0.25) is 0 Å². The Kier molecular flexibility index (Phi) is 3.43. The smallest absolute Gasteiger partial charge is 0.141 e. The number of alkyl halides is 1. The van der Waals surface area contributed by atoms with E-state index in [9.17, 15) is 5.11 Å². The van der Waals surface area contributed by atoms with Crippen molar-refractivity contribution >= 4 is 11.6 Å². The van der Waals surface area contributed by atoms with Gasteiger partial charge in [0.2, 0.25) is 0 Å². The Bertz CT molecular complexity index is 179. The molecule has 0 bridgehead atoms. The zero-order valence-corrected chi connectivity index (χ0v) is 7.98. The Morgan fingerprint density at radius 2 is 2.00 bits per heavy atom. The third kappa shape index (κ3) is 1.94. The minimum absolute atomic E-state index is 0.161. The van der Waals surface area contributed by atoms with E-state index >= 15 is 0 Å². The van der Waals surface area contributed by atoms with Crippen LogP contribution in [0, 0.1) is 18.3 Å². The minimum atomic E-state index is -1.05. The molecule has 0 spiro atoms. The van der Waals surface area contributed by atoms with Crippen LogP contribution in [0.5, 0.6) is 0 Å². The van der Waals surface area contributed by atoms with Gasteiger partial charge in [0.1, 0.15) is 5.60 Å². The molecule has 0 aliphatic heterocycles. The Hall–Kier alpha value is -0.190. The fraction of sp³-hybridized carbons (Fsp3) is 0.800. The molecule has 0 aromatic rings. The van der Waals surface area contributed by atoms with Crippen molar-refractivity contribution in [1.29, 1.82) is 0 Å². The van der Waals surface area contributed by atoms with Crippen LogP contribution in [0.3, 0.4) is 0 Å². The molecule has 0 heterocycles. The van der Waals surface area contributed by atoms with Gasteiger partial charge < -0.3 is 5.11 Å². The molecule has 68 valence electrons. The molecule has 1 nitrogen and oxygen atoms in total. The molecule has 12 heavy (non-hydrogen) atoms. The van der Waals surface area contributed by atoms with E-state index in [4.69, 9.17) is 18.0 Å². The van der Waals surface area contributed by atoms with Gasteiger partial charge in [0, 0.05) is 5.92 Å². The predicted molar refractivity (Wildman–Crippen MR) is 51.1 cm³/mol. The number of terminal acetylenes is 1. The standard InChI is InChI=1S/C10H15ClO/c1-2-10(12,8-11)9-6-4-3-5-7-9/h1,9,12H,3-8H2. The summed E-state index contributed by atoms with van der Waals surface area (Å²) in [6.45, 7) is 0. The van der Waals surface area contributed by atoms with Crippen molar-refractivity contribution in [2.45, 2.75) is 37.7 Å². The number of hydrogen-bond acceptors (Lipinski definition) is 1. The lowest BCUT2D eigenvalue weighted by Crippen LogP contribution is -2.39. The largest absolute Gasteiger partial charge is 0.376 e. The summed E-state index contributed by atoms with van der Waals surface area (Å²) >= 11 is 5.65. The first kappa shape index (κ1) is 9.89. The zero-order valence-electron chi connectivity index (χ0n) is 7.22. The molecule has 1 N–H and O–H groups in total. The zero-order chi connectivity index (χ0) is 9.03. The van der Waals surface area contributed by atoms with Gasteiger partial charge >= 0.3 is 0 Å². The summed E-state index contributed by atoms with van der Waals surface area (Å²) < 4.78 is 0. The second kappa shape index (κ2) is 4.16. The lowest BCUT2D eigenvalue weighted by atomic mass is 9.78. The Labute approximate surface area is 79.1 Å². The van der Waals surface area contributed by atoms with Crippen molar-refractivity contribution in [3.05, 3.63) is 0 Å². The summed E-state index contributed by atoms with van der Waals surface area (Å²) in [5.74, 6) is 2.80. The summed E-state index contributed by atoms with van der Waals surface area (Å²) in [5, 5.41) is 9.89. The molecule has 1 fully saturated rings. The van der Waals surface area contributed by atoms with Gasteiger partial charge in [-0.05, 0) is 12.8 Å². The third-order valence-electron chi connectivity index (χ3n) is 2.73. The van der Waals surface area contributed by atoms with Crippen LogP contribution in [-0.4, -0.2) is 16.6 Å². The second-order valence-corrected chi connectivity index (χ2v) is 3.80. The fourth-order valence-electron chi connectivity index (χ4n) is 1.85. The van der Waals surface area contributed by atoms with E-state index in [1.54, 1.807) is 0 Å². The summed E-state index contributed by atoms with van der Waals surface area (Å²) in [6.07, 6.45) is 10.9. The van der Waals surface area contributed by atoms with Gasteiger partial charge in [-0.2, -0.15) is 0 Å². The maximum absolute atomic E-state index is 9.89. The highest BCUT2D eigenvalue weighted by atomic mass is 35.5. The lowest BCUT2D eigenvalue weighted by Gasteiger charge is -2.32. The van der Waals surface area contributed by atoms with E-state index in [0.717, 1.165) is 12.8 Å². The van der Waals surface area contributed by atoms with Crippen LogP contribution in [0.4, 0.5) is 0 Å². The first-order valence-electron chi connectivity index (χ1n) is 4.49. The Morgan fingerprint density at radius 3 is 2.42 bits per heavy atom. The van der Waals surface area contributed by atoms with Crippen LogP contribution >= 0.6 is 11.6 Å². The fourth-order valence-corrected chi connectivity index (χ4v) is 2.14. The van der Waals surface area contributed by atoms with E-state index in [-0.39, 0.29) is 11.8 Å². The van der Waals surface area contributed by atoms with Crippen molar-refractivity contribution in [2.24, 2.45) is 5.92 Å². The SMILES string of the molecule is C#CC(O)(CCl)C1CCCCC1. The van der Waals surface area contributed by atoms with E-state index < -0.39 is 5.60 Å². The van der Waals surface area contributed by atoms with Gasteiger partial charge in [0.05, 0.1) is 5.88 Å². The maximum atomic E-state index is 9.89. The molecule has 0 aromatic heterocycles. The monoisotopic (exact) mass is 186 g/mol.